The van der Waals surface area contributed by atoms with Gasteiger partial charge in [-0.3, -0.25) is 13.9 Å². The summed E-state index contributed by atoms with van der Waals surface area (Å²) in [6.07, 6.45) is 1.17. The van der Waals surface area contributed by atoms with E-state index in [1.54, 1.807) is 7.05 Å². The molecule has 2 rings (SSSR count). The third kappa shape index (κ3) is 1.42. The molecule has 1 aliphatic rings. The molecule has 1 aromatic rings. The van der Waals surface area contributed by atoms with Crippen LogP contribution in [0.3, 0.4) is 0 Å². The molecule has 0 aliphatic carbocycles. The molecular weight excluding hydrogens is 208 g/mol. The first kappa shape index (κ1) is 10.8. The minimum absolute atomic E-state index is 0.256. The molecule has 0 fully saturated rings. The summed E-state index contributed by atoms with van der Waals surface area (Å²) < 4.78 is 2.51. The summed E-state index contributed by atoms with van der Waals surface area (Å²) in [6, 6.07) is 0. The fourth-order valence-electron chi connectivity index (χ4n) is 1.90. The first-order valence-electron chi connectivity index (χ1n) is 5.11. The number of nitrogens with zero attached hydrogens (tertiary/aromatic N) is 3. The van der Waals surface area contributed by atoms with E-state index in [0.717, 1.165) is 10.3 Å². The second-order valence-corrected chi connectivity index (χ2v) is 3.90. The summed E-state index contributed by atoms with van der Waals surface area (Å²) in [5, 5.41) is 0. The predicted octanol–water partition coefficient (Wildman–Crippen LogP) is -0.939. The van der Waals surface area contributed by atoms with Gasteiger partial charge in [-0.1, -0.05) is 0 Å². The van der Waals surface area contributed by atoms with Crippen molar-refractivity contribution in [2.45, 2.75) is 12.8 Å². The van der Waals surface area contributed by atoms with Crippen molar-refractivity contribution in [2.75, 3.05) is 6.54 Å². The Balaban J connectivity index is 2.64. The van der Waals surface area contributed by atoms with E-state index < -0.39 is 0 Å². The third-order valence-electron chi connectivity index (χ3n) is 2.80. The number of hydrogen-bond acceptors (Lipinski definition) is 4. The zero-order valence-electron chi connectivity index (χ0n) is 9.36. The molecule has 0 saturated carbocycles. The van der Waals surface area contributed by atoms with E-state index in [1.807, 2.05) is 0 Å². The highest BCUT2D eigenvalue weighted by Gasteiger charge is 2.22. The molecule has 0 spiro atoms. The second-order valence-electron chi connectivity index (χ2n) is 3.90. The second kappa shape index (κ2) is 3.71. The van der Waals surface area contributed by atoms with Crippen molar-refractivity contribution in [3.63, 3.8) is 0 Å². The lowest BCUT2D eigenvalue weighted by Gasteiger charge is -2.05. The van der Waals surface area contributed by atoms with E-state index in [-0.39, 0.29) is 11.2 Å². The molecular formula is C10H14N4O2. The van der Waals surface area contributed by atoms with Gasteiger partial charge >= 0.3 is 5.69 Å². The predicted molar refractivity (Wildman–Crippen MR) is 61.4 cm³/mol. The topological polar surface area (TPSA) is 82.4 Å². The fraction of sp³-hybridized carbons (Fsp3) is 0.500. The summed E-state index contributed by atoms with van der Waals surface area (Å²) in [6.45, 7) is 0.501. The van der Waals surface area contributed by atoms with Crippen LogP contribution < -0.4 is 17.0 Å². The molecule has 2 N–H and O–H groups in total. The molecule has 0 radical (unpaired) electrons. The highest BCUT2D eigenvalue weighted by molar-refractivity contribution is 5.93. The van der Waals surface area contributed by atoms with Crippen molar-refractivity contribution >= 4 is 11.5 Å². The molecule has 1 aliphatic heterocycles. The molecule has 1 aromatic heterocycles. The molecule has 0 saturated heterocycles. The molecule has 0 amide bonds. The van der Waals surface area contributed by atoms with Crippen molar-refractivity contribution in [1.29, 1.82) is 0 Å². The third-order valence-corrected chi connectivity index (χ3v) is 2.80. The van der Waals surface area contributed by atoms with E-state index in [2.05, 4.69) is 4.99 Å². The lowest BCUT2D eigenvalue weighted by molar-refractivity contribution is 0.682. The maximum absolute atomic E-state index is 11.8. The number of aromatic nitrogens is 2. The van der Waals surface area contributed by atoms with Gasteiger partial charge in [0.1, 0.15) is 5.82 Å². The van der Waals surface area contributed by atoms with Gasteiger partial charge < -0.3 is 5.73 Å². The number of hydrogen-bond donors (Lipinski definition) is 1. The summed E-state index contributed by atoms with van der Waals surface area (Å²) in [5.74, 6) is 0.483. The van der Waals surface area contributed by atoms with Gasteiger partial charge in [0.25, 0.3) is 5.56 Å². The van der Waals surface area contributed by atoms with Gasteiger partial charge in [-0.05, 0) is 13.0 Å². The largest absolute Gasteiger partial charge is 0.332 e. The van der Waals surface area contributed by atoms with Crippen LogP contribution in [-0.2, 0) is 20.5 Å². The molecule has 0 aromatic carbocycles. The van der Waals surface area contributed by atoms with E-state index in [4.69, 9.17) is 5.73 Å². The number of rotatable bonds is 2. The van der Waals surface area contributed by atoms with Crippen LogP contribution in [-0.4, -0.2) is 21.4 Å². The summed E-state index contributed by atoms with van der Waals surface area (Å²) in [7, 11) is 3.10. The van der Waals surface area contributed by atoms with Gasteiger partial charge in [-0.25, -0.2) is 9.79 Å². The van der Waals surface area contributed by atoms with Crippen molar-refractivity contribution in [3.8, 4) is 0 Å². The average Bonchev–Trinajstić information content (AvgIpc) is 2.68. The highest BCUT2D eigenvalue weighted by atomic mass is 16.2. The zero-order valence-corrected chi connectivity index (χ0v) is 9.36. The van der Waals surface area contributed by atoms with Gasteiger partial charge in [0.2, 0.25) is 0 Å². The molecule has 0 atom stereocenters. The van der Waals surface area contributed by atoms with Gasteiger partial charge in [0.15, 0.2) is 0 Å². The smallest absolute Gasteiger partial charge is 0.330 e. The summed E-state index contributed by atoms with van der Waals surface area (Å²) in [5.41, 5.74) is 6.31. The van der Waals surface area contributed by atoms with Crippen LogP contribution in [0.5, 0.6) is 0 Å². The van der Waals surface area contributed by atoms with Crippen molar-refractivity contribution in [3.05, 3.63) is 26.4 Å². The van der Waals surface area contributed by atoms with Gasteiger partial charge in [-0.15, -0.1) is 0 Å². The maximum atomic E-state index is 11.8. The standard InChI is InChI=1S/C10H14N4O2/c1-13-8-7(5-6(12-8)3-4-11)9(15)14(2)10(13)16/h3-5,11H2,1-2H3. The zero-order chi connectivity index (χ0) is 11.9. The van der Waals surface area contributed by atoms with Crippen LogP contribution >= 0.6 is 0 Å². The number of fused-ring (bicyclic) bond motifs is 1. The van der Waals surface area contributed by atoms with Crippen LogP contribution in [0, 0.1) is 0 Å². The van der Waals surface area contributed by atoms with Gasteiger partial charge in [0.05, 0.1) is 5.56 Å². The molecule has 0 unspecified atom stereocenters. The quantitative estimate of drug-likeness (QED) is 0.701. The lowest BCUT2D eigenvalue weighted by Crippen LogP contribution is -2.38. The van der Waals surface area contributed by atoms with E-state index in [9.17, 15) is 9.59 Å². The minimum atomic E-state index is -0.346. The summed E-state index contributed by atoms with van der Waals surface area (Å²) >= 11 is 0. The molecule has 2 heterocycles. The van der Waals surface area contributed by atoms with Crippen molar-refractivity contribution in [2.24, 2.45) is 24.8 Å². The van der Waals surface area contributed by atoms with Crippen molar-refractivity contribution in [1.82, 2.24) is 9.13 Å². The van der Waals surface area contributed by atoms with Crippen molar-refractivity contribution < 1.29 is 0 Å². The Hall–Kier alpha value is -1.69. The molecule has 0 bridgehead atoms. The maximum Gasteiger partial charge on any atom is 0.332 e. The van der Waals surface area contributed by atoms with E-state index in [1.165, 1.54) is 11.6 Å². The first-order valence-corrected chi connectivity index (χ1v) is 5.11. The Morgan fingerprint density at radius 1 is 1.31 bits per heavy atom. The van der Waals surface area contributed by atoms with E-state index >= 15 is 0 Å². The van der Waals surface area contributed by atoms with Crippen LogP contribution in [0.4, 0.5) is 5.82 Å². The minimum Gasteiger partial charge on any atom is -0.330 e. The van der Waals surface area contributed by atoms with Crippen LogP contribution in [0.1, 0.15) is 12.0 Å². The highest BCUT2D eigenvalue weighted by Crippen LogP contribution is 2.22. The van der Waals surface area contributed by atoms with Gasteiger partial charge in [-0.2, -0.15) is 0 Å². The van der Waals surface area contributed by atoms with Crippen LogP contribution in [0.15, 0.2) is 14.6 Å². The Morgan fingerprint density at radius 3 is 2.62 bits per heavy atom. The molecule has 86 valence electrons. The van der Waals surface area contributed by atoms with Crippen LogP contribution in [0.2, 0.25) is 0 Å². The Morgan fingerprint density at radius 2 is 2.00 bits per heavy atom. The monoisotopic (exact) mass is 222 g/mol. The van der Waals surface area contributed by atoms with E-state index in [0.29, 0.717) is 30.8 Å². The Bertz CT molecular complexity index is 580. The Labute approximate surface area is 92.0 Å². The molecule has 6 heteroatoms. The molecule has 6 nitrogen and oxygen atoms in total. The lowest BCUT2D eigenvalue weighted by atomic mass is 10.1. The number of aliphatic imine (C=N–C) groups is 1. The average molecular weight is 222 g/mol. The first-order chi connectivity index (χ1) is 7.56. The Kier molecular flexibility index (Phi) is 2.51. The fourth-order valence-corrected chi connectivity index (χ4v) is 1.90. The van der Waals surface area contributed by atoms with Crippen LogP contribution in [0.25, 0.3) is 0 Å². The number of nitrogens with two attached hydrogens (primary N) is 1. The molecule has 16 heavy (non-hydrogen) atoms. The SMILES string of the molecule is Cn1c2c(c(=O)n(C)c1=O)CC(CCN)=N2. The van der Waals surface area contributed by atoms with Gasteiger partial charge in [0, 0.05) is 26.2 Å². The normalized spacial score (nSPS) is 13.8. The summed E-state index contributed by atoms with van der Waals surface area (Å²) in [4.78, 5) is 27.8.